The van der Waals surface area contributed by atoms with Crippen molar-refractivity contribution in [1.29, 1.82) is 0 Å². The van der Waals surface area contributed by atoms with E-state index < -0.39 is 5.82 Å². The number of carbonyl (C=O) groups excluding carboxylic acids is 1. The van der Waals surface area contributed by atoms with Gasteiger partial charge in [0.15, 0.2) is 0 Å². The van der Waals surface area contributed by atoms with Crippen LogP contribution < -0.4 is 10.6 Å². The molecule has 0 bridgehead atoms. The summed E-state index contributed by atoms with van der Waals surface area (Å²) in [6.45, 7) is 3.43. The summed E-state index contributed by atoms with van der Waals surface area (Å²) in [4.78, 5) is 11.7. The highest BCUT2D eigenvalue weighted by Gasteiger charge is 2.11. The van der Waals surface area contributed by atoms with Crippen molar-refractivity contribution < 1.29 is 13.9 Å². The van der Waals surface area contributed by atoms with Crippen LogP contribution in [0.5, 0.6) is 0 Å². The molecule has 1 aromatic carbocycles. The van der Waals surface area contributed by atoms with Crippen molar-refractivity contribution in [1.82, 2.24) is 10.6 Å². The molecule has 0 saturated heterocycles. The van der Waals surface area contributed by atoms with E-state index in [1.807, 2.05) is 0 Å². The van der Waals surface area contributed by atoms with E-state index in [0.29, 0.717) is 19.7 Å². The molecule has 0 aliphatic heterocycles. The van der Waals surface area contributed by atoms with Gasteiger partial charge < -0.3 is 15.4 Å². The summed E-state index contributed by atoms with van der Waals surface area (Å²) in [5, 5.41) is 5.95. The Labute approximate surface area is 123 Å². The van der Waals surface area contributed by atoms with Gasteiger partial charge in [0.05, 0.1) is 11.1 Å². The normalized spacial score (nSPS) is 12.2. The molecule has 1 rings (SSSR count). The standard InChI is InChI=1S/C14H20ClFN2O2/c1-10(14(19)17-6-3-7-20-2)18-9-11-4-5-13(16)12(15)8-11/h4-5,8,10,18H,3,6-7,9H2,1-2H3,(H,17,19). The number of rotatable bonds is 8. The van der Waals surface area contributed by atoms with Gasteiger partial charge >= 0.3 is 0 Å². The second kappa shape index (κ2) is 8.89. The lowest BCUT2D eigenvalue weighted by Crippen LogP contribution is -2.42. The van der Waals surface area contributed by atoms with Crippen molar-refractivity contribution in [3.63, 3.8) is 0 Å². The van der Waals surface area contributed by atoms with E-state index >= 15 is 0 Å². The molecule has 1 unspecified atom stereocenters. The smallest absolute Gasteiger partial charge is 0.236 e. The average molecular weight is 303 g/mol. The summed E-state index contributed by atoms with van der Waals surface area (Å²) in [7, 11) is 1.62. The maximum Gasteiger partial charge on any atom is 0.236 e. The van der Waals surface area contributed by atoms with Crippen LogP contribution in [0.2, 0.25) is 5.02 Å². The fourth-order valence-electron chi connectivity index (χ4n) is 1.59. The van der Waals surface area contributed by atoms with Gasteiger partial charge in [-0.25, -0.2) is 4.39 Å². The third-order valence-electron chi connectivity index (χ3n) is 2.81. The van der Waals surface area contributed by atoms with Gasteiger partial charge in [-0.3, -0.25) is 4.79 Å². The molecule has 1 atom stereocenters. The molecule has 20 heavy (non-hydrogen) atoms. The van der Waals surface area contributed by atoms with E-state index in [1.165, 1.54) is 6.07 Å². The van der Waals surface area contributed by atoms with Crippen LogP contribution in [-0.2, 0) is 16.1 Å². The summed E-state index contributed by atoms with van der Waals surface area (Å²) in [5.41, 5.74) is 0.829. The largest absolute Gasteiger partial charge is 0.385 e. The Morgan fingerprint density at radius 1 is 1.50 bits per heavy atom. The molecule has 1 amide bonds. The molecule has 0 saturated carbocycles. The van der Waals surface area contributed by atoms with E-state index in [0.717, 1.165) is 12.0 Å². The highest BCUT2D eigenvalue weighted by Crippen LogP contribution is 2.15. The quantitative estimate of drug-likeness (QED) is 0.723. The molecule has 4 nitrogen and oxygen atoms in total. The molecule has 2 N–H and O–H groups in total. The van der Waals surface area contributed by atoms with Crippen molar-refractivity contribution in [2.45, 2.75) is 25.9 Å². The first-order valence-corrected chi connectivity index (χ1v) is 6.86. The molecule has 0 radical (unpaired) electrons. The fraction of sp³-hybridized carbons (Fsp3) is 0.500. The second-order valence-electron chi connectivity index (χ2n) is 4.49. The lowest BCUT2D eigenvalue weighted by Gasteiger charge is -2.14. The minimum atomic E-state index is -0.445. The first-order chi connectivity index (χ1) is 9.54. The van der Waals surface area contributed by atoms with Gasteiger partial charge in [0.25, 0.3) is 0 Å². The van der Waals surface area contributed by atoms with Crippen molar-refractivity contribution in [2.24, 2.45) is 0 Å². The Morgan fingerprint density at radius 2 is 2.25 bits per heavy atom. The summed E-state index contributed by atoms with van der Waals surface area (Å²) in [5.74, 6) is -0.520. The monoisotopic (exact) mass is 302 g/mol. The van der Waals surface area contributed by atoms with Crippen LogP contribution in [0.3, 0.4) is 0 Å². The van der Waals surface area contributed by atoms with Crippen LogP contribution >= 0.6 is 11.6 Å². The molecule has 0 fully saturated rings. The van der Waals surface area contributed by atoms with Crippen LogP contribution in [-0.4, -0.2) is 32.2 Å². The van der Waals surface area contributed by atoms with Crippen molar-refractivity contribution in [3.8, 4) is 0 Å². The van der Waals surface area contributed by atoms with Gasteiger partial charge in [-0.05, 0) is 31.0 Å². The summed E-state index contributed by atoms with van der Waals surface area (Å²) < 4.78 is 17.9. The number of methoxy groups -OCH3 is 1. The fourth-order valence-corrected chi connectivity index (χ4v) is 1.80. The number of benzene rings is 1. The third-order valence-corrected chi connectivity index (χ3v) is 3.10. The van der Waals surface area contributed by atoms with Crippen LogP contribution in [0.25, 0.3) is 0 Å². The SMILES string of the molecule is COCCCNC(=O)C(C)NCc1ccc(F)c(Cl)c1. The molecular formula is C14H20ClFN2O2. The molecule has 0 heterocycles. The molecule has 6 heteroatoms. The van der Waals surface area contributed by atoms with Gasteiger partial charge in [-0.15, -0.1) is 0 Å². The number of hydrogen-bond acceptors (Lipinski definition) is 3. The predicted molar refractivity (Wildman–Crippen MR) is 77.2 cm³/mol. The predicted octanol–water partition coefficient (Wildman–Crippen LogP) is 2.11. The third kappa shape index (κ3) is 5.86. The van der Waals surface area contributed by atoms with E-state index in [1.54, 1.807) is 26.2 Å². The summed E-state index contributed by atoms with van der Waals surface area (Å²) in [6, 6.07) is 4.17. The Morgan fingerprint density at radius 3 is 2.90 bits per heavy atom. The molecule has 0 spiro atoms. The van der Waals surface area contributed by atoms with E-state index in [9.17, 15) is 9.18 Å². The minimum Gasteiger partial charge on any atom is -0.385 e. The molecular weight excluding hydrogens is 283 g/mol. The van der Waals surface area contributed by atoms with Crippen LogP contribution in [0.1, 0.15) is 18.9 Å². The first-order valence-electron chi connectivity index (χ1n) is 6.48. The van der Waals surface area contributed by atoms with Gasteiger partial charge in [0.2, 0.25) is 5.91 Å². The highest BCUT2D eigenvalue weighted by molar-refractivity contribution is 6.30. The van der Waals surface area contributed by atoms with Crippen molar-refractivity contribution in [2.75, 3.05) is 20.3 Å². The van der Waals surface area contributed by atoms with E-state index in [-0.39, 0.29) is 17.0 Å². The number of hydrogen-bond donors (Lipinski definition) is 2. The highest BCUT2D eigenvalue weighted by atomic mass is 35.5. The Bertz CT molecular complexity index is 443. The van der Waals surface area contributed by atoms with Crippen LogP contribution in [0.4, 0.5) is 4.39 Å². The minimum absolute atomic E-state index is 0.0747. The lowest BCUT2D eigenvalue weighted by atomic mass is 10.2. The number of carbonyl (C=O) groups is 1. The summed E-state index contributed by atoms with van der Waals surface area (Å²) >= 11 is 5.70. The number of amides is 1. The van der Waals surface area contributed by atoms with Crippen molar-refractivity contribution >= 4 is 17.5 Å². The van der Waals surface area contributed by atoms with Crippen LogP contribution in [0.15, 0.2) is 18.2 Å². The maximum atomic E-state index is 13.0. The molecule has 1 aromatic rings. The Hall–Kier alpha value is -1.17. The second-order valence-corrected chi connectivity index (χ2v) is 4.90. The zero-order valence-electron chi connectivity index (χ0n) is 11.7. The van der Waals surface area contributed by atoms with Gasteiger partial charge in [-0.1, -0.05) is 17.7 Å². The van der Waals surface area contributed by atoms with Gasteiger partial charge in [0.1, 0.15) is 5.82 Å². The Kier molecular flexibility index (Phi) is 7.51. The van der Waals surface area contributed by atoms with Crippen molar-refractivity contribution in [3.05, 3.63) is 34.6 Å². The number of ether oxygens (including phenoxy) is 1. The zero-order chi connectivity index (χ0) is 15.0. The lowest BCUT2D eigenvalue weighted by molar-refractivity contribution is -0.122. The van der Waals surface area contributed by atoms with E-state index in [4.69, 9.17) is 16.3 Å². The zero-order valence-corrected chi connectivity index (χ0v) is 12.5. The molecule has 0 aromatic heterocycles. The number of halogens is 2. The first kappa shape index (κ1) is 16.9. The molecule has 112 valence electrons. The van der Waals surface area contributed by atoms with E-state index in [2.05, 4.69) is 10.6 Å². The average Bonchev–Trinajstić information content (AvgIpc) is 2.44. The number of nitrogens with one attached hydrogen (secondary N) is 2. The van der Waals surface area contributed by atoms with Gasteiger partial charge in [-0.2, -0.15) is 0 Å². The van der Waals surface area contributed by atoms with Gasteiger partial charge in [0, 0.05) is 26.8 Å². The molecule has 0 aliphatic rings. The maximum absolute atomic E-state index is 13.0. The Balaban J connectivity index is 2.32. The van der Waals surface area contributed by atoms with Crippen LogP contribution in [0, 0.1) is 5.82 Å². The molecule has 0 aliphatic carbocycles. The topological polar surface area (TPSA) is 50.4 Å². The summed E-state index contributed by atoms with van der Waals surface area (Å²) in [6.07, 6.45) is 0.780.